The molecule has 4 nitrogen and oxygen atoms in total. The summed E-state index contributed by atoms with van der Waals surface area (Å²) in [5.74, 6) is -1.04. The van der Waals surface area contributed by atoms with E-state index in [0.29, 0.717) is 5.58 Å². The Labute approximate surface area is 91.5 Å². The van der Waals surface area contributed by atoms with Gasteiger partial charge in [-0.05, 0) is 12.1 Å². The van der Waals surface area contributed by atoms with Crippen molar-refractivity contribution >= 4 is 22.7 Å². The van der Waals surface area contributed by atoms with E-state index in [9.17, 15) is 9.59 Å². The monoisotopic (exact) mass is 218 g/mol. The molecule has 0 aliphatic rings. The SMILES string of the molecule is O=C(O)CCC(=O)c1cc2ccccc2o1. The third-order valence-electron chi connectivity index (χ3n) is 2.27. The van der Waals surface area contributed by atoms with E-state index in [1.807, 2.05) is 18.2 Å². The molecule has 0 bridgehead atoms. The third kappa shape index (κ3) is 2.11. The first-order valence-corrected chi connectivity index (χ1v) is 4.90. The molecule has 0 atom stereocenters. The van der Waals surface area contributed by atoms with Gasteiger partial charge in [-0.15, -0.1) is 0 Å². The number of benzene rings is 1. The van der Waals surface area contributed by atoms with Crippen molar-refractivity contribution in [3.63, 3.8) is 0 Å². The molecular formula is C12H10O4. The molecule has 2 rings (SSSR count). The fourth-order valence-corrected chi connectivity index (χ4v) is 1.46. The first kappa shape index (κ1) is 10.4. The van der Waals surface area contributed by atoms with Gasteiger partial charge in [-0.3, -0.25) is 9.59 Å². The number of hydrogen-bond donors (Lipinski definition) is 1. The van der Waals surface area contributed by atoms with Crippen LogP contribution in [0.1, 0.15) is 23.4 Å². The number of carboxylic acids is 1. The average molecular weight is 218 g/mol. The van der Waals surface area contributed by atoms with Gasteiger partial charge in [0.05, 0.1) is 6.42 Å². The Morgan fingerprint density at radius 3 is 2.62 bits per heavy atom. The van der Waals surface area contributed by atoms with Gasteiger partial charge in [-0.1, -0.05) is 18.2 Å². The van der Waals surface area contributed by atoms with Crippen LogP contribution in [0.2, 0.25) is 0 Å². The normalized spacial score (nSPS) is 10.5. The van der Waals surface area contributed by atoms with E-state index in [1.54, 1.807) is 12.1 Å². The highest BCUT2D eigenvalue weighted by atomic mass is 16.4. The lowest BCUT2D eigenvalue weighted by Crippen LogP contribution is -2.02. The van der Waals surface area contributed by atoms with E-state index in [4.69, 9.17) is 9.52 Å². The van der Waals surface area contributed by atoms with Gasteiger partial charge in [0.1, 0.15) is 5.58 Å². The van der Waals surface area contributed by atoms with Gasteiger partial charge >= 0.3 is 5.97 Å². The zero-order chi connectivity index (χ0) is 11.5. The zero-order valence-corrected chi connectivity index (χ0v) is 8.47. The fraction of sp³-hybridized carbons (Fsp3) is 0.167. The molecule has 0 unspecified atom stereocenters. The highest BCUT2D eigenvalue weighted by Crippen LogP contribution is 2.20. The average Bonchev–Trinajstić information content (AvgIpc) is 2.69. The molecule has 1 aromatic heterocycles. The van der Waals surface area contributed by atoms with Crippen molar-refractivity contribution in [3.05, 3.63) is 36.1 Å². The maximum absolute atomic E-state index is 11.6. The molecule has 2 aromatic rings. The molecule has 0 saturated carbocycles. The highest BCUT2D eigenvalue weighted by Gasteiger charge is 2.13. The van der Waals surface area contributed by atoms with E-state index >= 15 is 0 Å². The number of rotatable bonds is 4. The van der Waals surface area contributed by atoms with Crippen LogP contribution in [0.15, 0.2) is 34.7 Å². The van der Waals surface area contributed by atoms with Crippen LogP contribution in [0, 0.1) is 0 Å². The molecule has 1 heterocycles. The van der Waals surface area contributed by atoms with Crippen molar-refractivity contribution in [2.45, 2.75) is 12.8 Å². The van der Waals surface area contributed by atoms with Crippen LogP contribution >= 0.6 is 0 Å². The lowest BCUT2D eigenvalue weighted by Gasteiger charge is -1.92. The topological polar surface area (TPSA) is 67.5 Å². The number of furan rings is 1. The van der Waals surface area contributed by atoms with E-state index in [-0.39, 0.29) is 24.4 Å². The van der Waals surface area contributed by atoms with Gasteiger partial charge in [0.25, 0.3) is 0 Å². The second-order valence-corrected chi connectivity index (χ2v) is 3.47. The summed E-state index contributed by atoms with van der Waals surface area (Å²) in [5, 5.41) is 9.31. The molecule has 0 aliphatic carbocycles. The van der Waals surface area contributed by atoms with Gasteiger partial charge < -0.3 is 9.52 Å². The third-order valence-corrected chi connectivity index (χ3v) is 2.27. The van der Waals surface area contributed by atoms with Crippen LogP contribution in [0.25, 0.3) is 11.0 Å². The first-order chi connectivity index (χ1) is 7.66. The van der Waals surface area contributed by atoms with E-state index in [1.165, 1.54) is 0 Å². The summed E-state index contributed by atoms with van der Waals surface area (Å²) in [6, 6.07) is 8.91. The Morgan fingerprint density at radius 1 is 1.19 bits per heavy atom. The minimum atomic E-state index is -0.982. The van der Waals surface area contributed by atoms with Crippen LogP contribution in [0.5, 0.6) is 0 Å². The molecule has 0 saturated heterocycles. The lowest BCUT2D eigenvalue weighted by molar-refractivity contribution is -0.136. The molecule has 82 valence electrons. The molecular weight excluding hydrogens is 208 g/mol. The maximum Gasteiger partial charge on any atom is 0.303 e. The second-order valence-electron chi connectivity index (χ2n) is 3.47. The van der Waals surface area contributed by atoms with Crippen LogP contribution in [-0.4, -0.2) is 16.9 Å². The van der Waals surface area contributed by atoms with Crippen molar-refractivity contribution in [2.75, 3.05) is 0 Å². The second kappa shape index (κ2) is 4.18. The van der Waals surface area contributed by atoms with Crippen LogP contribution < -0.4 is 0 Å². The standard InChI is InChI=1S/C12H10O4/c13-9(5-6-12(14)15)11-7-8-3-1-2-4-10(8)16-11/h1-4,7H,5-6H2,(H,14,15). The van der Waals surface area contributed by atoms with Crippen LogP contribution in [0.3, 0.4) is 0 Å². The smallest absolute Gasteiger partial charge is 0.303 e. The number of carbonyl (C=O) groups is 2. The van der Waals surface area contributed by atoms with Crippen LogP contribution in [0.4, 0.5) is 0 Å². The summed E-state index contributed by atoms with van der Waals surface area (Å²) in [7, 11) is 0. The van der Waals surface area contributed by atoms with E-state index in [2.05, 4.69) is 0 Å². The predicted molar refractivity (Wildman–Crippen MR) is 57.4 cm³/mol. The Hall–Kier alpha value is -2.10. The van der Waals surface area contributed by atoms with Crippen molar-refractivity contribution in [3.8, 4) is 0 Å². The number of carboxylic acid groups (broad SMARTS) is 1. The maximum atomic E-state index is 11.6. The number of aliphatic carboxylic acids is 1. The van der Waals surface area contributed by atoms with Gasteiger partial charge in [-0.2, -0.15) is 0 Å². The molecule has 1 N–H and O–H groups in total. The number of para-hydroxylation sites is 1. The number of hydrogen-bond acceptors (Lipinski definition) is 3. The Kier molecular flexibility index (Phi) is 2.72. The minimum absolute atomic E-state index is 0.0326. The molecule has 16 heavy (non-hydrogen) atoms. The van der Waals surface area contributed by atoms with Gasteiger partial charge in [0, 0.05) is 11.8 Å². The number of carbonyl (C=O) groups excluding carboxylic acids is 1. The van der Waals surface area contributed by atoms with Crippen molar-refractivity contribution < 1.29 is 19.1 Å². The molecule has 0 spiro atoms. The summed E-state index contributed by atoms with van der Waals surface area (Å²) in [6.45, 7) is 0. The molecule has 0 fully saturated rings. The summed E-state index contributed by atoms with van der Waals surface area (Å²) in [5.41, 5.74) is 0.640. The highest BCUT2D eigenvalue weighted by molar-refractivity contribution is 5.98. The number of ketones is 1. The minimum Gasteiger partial charge on any atom is -0.481 e. The Balaban J connectivity index is 2.20. The summed E-state index contributed by atoms with van der Waals surface area (Å²) >= 11 is 0. The first-order valence-electron chi connectivity index (χ1n) is 4.90. The zero-order valence-electron chi connectivity index (χ0n) is 8.47. The molecule has 0 amide bonds. The molecule has 1 aromatic carbocycles. The number of Topliss-reactive ketones (excluding diaryl/α,β-unsaturated/α-hetero) is 1. The predicted octanol–water partition coefficient (Wildman–Crippen LogP) is 2.48. The van der Waals surface area contributed by atoms with Gasteiger partial charge in [-0.25, -0.2) is 0 Å². The summed E-state index contributed by atoms with van der Waals surface area (Å²) < 4.78 is 5.32. The van der Waals surface area contributed by atoms with Gasteiger partial charge in [0.15, 0.2) is 11.5 Å². The summed E-state index contributed by atoms with van der Waals surface area (Å²) in [6.07, 6.45) is -0.203. The quantitative estimate of drug-likeness (QED) is 0.800. The van der Waals surface area contributed by atoms with Crippen molar-refractivity contribution in [1.29, 1.82) is 0 Å². The summed E-state index contributed by atoms with van der Waals surface area (Å²) in [4.78, 5) is 21.9. The molecule has 4 heteroatoms. The molecule has 0 aliphatic heterocycles. The number of fused-ring (bicyclic) bond motifs is 1. The van der Waals surface area contributed by atoms with E-state index in [0.717, 1.165) is 5.39 Å². The largest absolute Gasteiger partial charge is 0.481 e. The fourth-order valence-electron chi connectivity index (χ4n) is 1.46. The van der Waals surface area contributed by atoms with E-state index < -0.39 is 5.97 Å². The lowest BCUT2D eigenvalue weighted by atomic mass is 10.1. The van der Waals surface area contributed by atoms with Crippen molar-refractivity contribution in [2.24, 2.45) is 0 Å². The van der Waals surface area contributed by atoms with Gasteiger partial charge in [0.2, 0.25) is 0 Å². The van der Waals surface area contributed by atoms with Crippen molar-refractivity contribution in [1.82, 2.24) is 0 Å². The van der Waals surface area contributed by atoms with Crippen LogP contribution in [-0.2, 0) is 4.79 Å². The Morgan fingerprint density at radius 2 is 1.94 bits per heavy atom. The Bertz CT molecular complexity index is 506. The molecule has 0 radical (unpaired) electrons.